The maximum atomic E-state index is 13.9. The molecule has 1 aliphatic rings. The van der Waals surface area contributed by atoms with Gasteiger partial charge in [0.05, 0.1) is 17.1 Å². The van der Waals surface area contributed by atoms with Crippen LogP contribution in [0.15, 0.2) is 73.1 Å². The zero-order valence-corrected chi connectivity index (χ0v) is 14.8. The van der Waals surface area contributed by atoms with Gasteiger partial charge in [-0.05, 0) is 55.2 Å². The van der Waals surface area contributed by atoms with E-state index in [1.54, 1.807) is 12.3 Å². The minimum Gasteiger partial charge on any atom is -0.264 e. The molecule has 0 unspecified atom stereocenters. The molecule has 3 nitrogen and oxygen atoms in total. The van der Waals surface area contributed by atoms with Crippen LogP contribution in [0.25, 0.3) is 28.2 Å². The van der Waals surface area contributed by atoms with Crippen molar-refractivity contribution in [3.8, 4) is 28.2 Å². The summed E-state index contributed by atoms with van der Waals surface area (Å²) in [6.07, 6.45) is 6.65. The van der Waals surface area contributed by atoms with E-state index in [0.29, 0.717) is 0 Å². The van der Waals surface area contributed by atoms with Gasteiger partial charge in [0.2, 0.25) is 0 Å². The molecule has 0 amide bonds. The largest absolute Gasteiger partial charge is 0.264 e. The van der Waals surface area contributed by atoms with Gasteiger partial charge in [-0.3, -0.25) is 4.98 Å². The van der Waals surface area contributed by atoms with E-state index in [0.717, 1.165) is 41.9 Å². The van der Waals surface area contributed by atoms with Crippen molar-refractivity contribution >= 4 is 0 Å². The number of aryl methyl sites for hydroxylation is 1. The van der Waals surface area contributed by atoms with Crippen LogP contribution in [0.4, 0.5) is 4.39 Å². The van der Waals surface area contributed by atoms with E-state index in [4.69, 9.17) is 5.10 Å². The van der Waals surface area contributed by atoms with E-state index in [2.05, 4.69) is 29.2 Å². The van der Waals surface area contributed by atoms with Crippen LogP contribution >= 0.6 is 0 Å². The summed E-state index contributed by atoms with van der Waals surface area (Å²) in [4.78, 5) is 4.29. The third kappa shape index (κ3) is 2.74. The molecule has 0 fully saturated rings. The molecule has 5 rings (SSSR count). The Bertz CT molecular complexity index is 1120. The van der Waals surface area contributed by atoms with Gasteiger partial charge >= 0.3 is 0 Å². The van der Waals surface area contributed by atoms with Crippen LogP contribution in [0.1, 0.15) is 17.5 Å². The molecule has 132 valence electrons. The van der Waals surface area contributed by atoms with Crippen LogP contribution in [0.2, 0.25) is 0 Å². The van der Waals surface area contributed by atoms with Gasteiger partial charge in [0.25, 0.3) is 0 Å². The van der Waals surface area contributed by atoms with Crippen LogP contribution in [0.5, 0.6) is 0 Å². The monoisotopic (exact) mass is 355 g/mol. The number of pyridine rings is 1. The second-order valence-corrected chi connectivity index (χ2v) is 6.82. The molecule has 4 aromatic rings. The highest BCUT2D eigenvalue weighted by Crippen LogP contribution is 2.38. The first-order valence-corrected chi connectivity index (χ1v) is 9.18. The molecule has 27 heavy (non-hydrogen) atoms. The third-order valence-electron chi connectivity index (χ3n) is 5.12. The van der Waals surface area contributed by atoms with Gasteiger partial charge in [0.1, 0.15) is 5.82 Å². The van der Waals surface area contributed by atoms with Crippen molar-refractivity contribution in [1.82, 2.24) is 14.8 Å². The minimum atomic E-state index is -0.268. The second kappa shape index (κ2) is 6.47. The average molecular weight is 355 g/mol. The fourth-order valence-corrected chi connectivity index (χ4v) is 3.92. The van der Waals surface area contributed by atoms with Gasteiger partial charge < -0.3 is 0 Å². The molecule has 2 aromatic carbocycles. The highest BCUT2D eigenvalue weighted by molar-refractivity contribution is 5.78. The maximum Gasteiger partial charge on any atom is 0.125 e. The highest BCUT2D eigenvalue weighted by atomic mass is 19.1. The molecule has 0 N–H and O–H groups in total. The van der Waals surface area contributed by atoms with Crippen LogP contribution in [0, 0.1) is 5.82 Å². The summed E-state index contributed by atoms with van der Waals surface area (Å²) in [7, 11) is 0. The van der Waals surface area contributed by atoms with Gasteiger partial charge in [-0.15, -0.1) is 0 Å². The topological polar surface area (TPSA) is 30.7 Å². The number of aromatic nitrogens is 3. The van der Waals surface area contributed by atoms with Gasteiger partial charge in [0.15, 0.2) is 0 Å². The Labute approximate surface area is 157 Å². The molecule has 0 saturated heterocycles. The minimum absolute atomic E-state index is 0.268. The number of nitrogens with zero attached hydrogens (tertiary/aromatic N) is 3. The molecule has 4 heteroatoms. The van der Waals surface area contributed by atoms with E-state index in [1.807, 2.05) is 29.1 Å². The molecule has 0 saturated carbocycles. The van der Waals surface area contributed by atoms with Crippen LogP contribution < -0.4 is 0 Å². The number of fused-ring (bicyclic) bond motifs is 3. The van der Waals surface area contributed by atoms with Crippen molar-refractivity contribution in [2.75, 3.05) is 0 Å². The summed E-state index contributed by atoms with van der Waals surface area (Å²) in [6.45, 7) is 0. The Morgan fingerprint density at radius 3 is 2.70 bits per heavy atom. The number of hydrogen-bond acceptors (Lipinski definition) is 2. The first-order valence-electron chi connectivity index (χ1n) is 9.18. The summed E-state index contributed by atoms with van der Waals surface area (Å²) in [5, 5.41) is 4.96. The van der Waals surface area contributed by atoms with Crippen molar-refractivity contribution < 1.29 is 4.39 Å². The zero-order chi connectivity index (χ0) is 18.2. The molecule has 0 aliphatic heterocycles. The van der Waals surface area contributed by atoms with Crippen LogP contribution in [-0.4, -0.2) is 14.8 Å². The number of halogens is 1. The fourth-order valence-electron chi connectivity index (χ4n) is 3.92. The molecule has 0 spiro atoms. The van der Waals surface area contributed by atoms with Crippen molar-refractivity contribution in [3.63, 3.8) is 0 Å². The SMILES string of the molecule is Fc1cccc(-n2nc3c(c2-c2cccnc2)CCCc2ccccc2-3)c1. The molecule has 2 aromatic heterocycles. The Balaban J connectivity index is 1.83. The molecular formula is C23H18FN3. The molecule has 0 atom stereocenters. The lowest BCUT2D eigenvalue weighted by atomic mass is 10.0. The summed E-state index contributed by atoms with van der Waals surface area (Å²) in [5.74, 6) is -0.268. The second-order valence-electron chi connectivity index (χ2n) is 6.82. The van der Waals surface area contributed by atoms with E-state index in [-0.39, 0.29) is 5.82 Å². The molecule has 0 radical (unpaired) electrons. The van der Waals surface area contributed by atoms with Gasteiger partial charge in [-0.25, -0.2) is 9.07 Å². The molecule has 2 heterocycles. The predicted molar refractivity (Wildman–Crippen MR) is 104 cm³/mol. The van der Waals surface area contributed by atoms with E-state index in [1.165, 1.54) is 28.8 Å². The number of hydrogen-bond donors (Lipinski definition) is 0. The number of rotatable bonds is 2. The lowest BCUT2D eigenvalue weighted by molar-refractivity contribution is 0.625. The van der Waals surface area contributed by atoms with Crippen molar-refractivity contribution in [2.24, 2.45) is 0 Å². The summed E-state index contributed by atoms with van der Waals surface area (Å²) >= 11 is 0. The maximum absolute atomic E-state index is 13.9. The van der Waals surface area contributed by atoms with E-state index in [9.17, 15) is 4.39 Å². The summed E-state index contributed by atoms with van der Waals surface area (Å²) in [5.41, 5.74) is 7.40. The van der Waals surface area contributed by atoms with E-state index < -0.39 is 0 Å². The van der Waals surface area contributed by atoms with Crippen molar-refractivity contribution in [3.05, 3.63) is 90.0 Å². The lowest BCUT2D eigenvalue weighted by Gasteiger charge is -2.10. The van der Waals surface area contributed by atoms with Gasteiger partial charge in [-0.1, -0.05) is 30.3 Å². The first-order chi connectivity index (χ1) is 13.3. The smallest absolute Gasteiger partial charge is 0.125 e. The van der Waals surface area contributed by atoms with Crippen molar-refractivity contribution in [2.45, 2.75) is 19.3 Å². The quantitative estimate of drug-likeness (QED) is 0.493. The number of benzene rings is 2. The van der Waals surface area contributed by atoms with Gasteiger partial charge in [0, 0.05) is 29.1 Å². The molecule has 1 aliphatic carbocycles. The standard InChI is InChI=1S/C23H18FN3/c24-18-9-4-10-19(14-18)27-23(17-8-5-13-25-15-17)21-12-3-7-16-6-1-2-11-20(16)22(21)26-27/h1-2,4-6,8-11,13-15H,3,7,12H2. The first kappa shape index (κ1) is 15.9. The predicted octanol–water partition coefficient (Wildman–Crippen LogP) is 5.23. The normalized spacial score (nSPS) is 12.9. The van der Waals surface area contributed by atoms with Crippen molar-refractivity contribution in [1.29, 1.82) is 0 Å². The Morgan fingerprint density at radius 2 is 1.85 bits per heavy atom. The molecule has 0 bridgehead atoms. The lowest BCUT2D eigenvalue weighted by Crippen LogP contribution is -2.01. The Kier molecular flexibility index (Phi) is 3.82. The molecular weight excluding hydrogens is 337 g/mol. The summed E-state index contributed by atoms with van der Waals surface area (Å²) in [6, 6.07) is 19.0. The Morgan fingerprint density at radius 1 is 0.926 bits per heavy atom. The van der Waals surface area contributed by atoms with E-state index >= 15 is 0 Å². The zero-order valence-electron chi connectivity index (χ0n) is 14.8. The average Bonchev–Trinajstić information content (AvgIpc) is 2.99. The van der Waals surface area contributed by atoms with Gasteiger partial charge in [-0.2, -0.15) is 5.10 Å². The summed E-state index contributed by atoms with van der Waals surface area (Å²) < 4.78 is 15.8. The van der Waals surface area contributed by atoms with Crippen LogP contribution in [0.3, 0.4) is 0 Å². The Hall–Kier alpha value is -3.27. The van der Waals surface area contributed by atoms with Crippen LogP contribution in [-0.2, 0) is 12.8 Å². The highest BCUT2D eigenvalue weighted by Gasteiger charge is 2.24. The fraction of sp³-hybridized carbons (Fsp3) is 0.130. The third-order valence-corrected chi connectivity index (χ3v) is 5.12.